The van der Waals surface area contributed by atoms with Gasteiger partial charge in [0.2, 0.25) is 0 Å². The Labute approximate surface area is 133 Å². The number of fused-ring (bicyclic) bond motifs is 2. The normalized spacial score (nSPS) is 47.1. The number of hydrogen-bond acceptors (Lipinski definition) is 0. The van der Waals surface area contributed by atoms with Gasteiger partial charge in [-0.25, -0.2) is 0 Å². The quantitative estimate of drug-likeness (QED) is 0.502. The van der Waals surface area contributed by atoms with E-state index in [0.717, 1.165) is 11.8 Å². The third-order valence-corrected chi connectivity index (χ3v) is 13.8. The maximum Gasteiger partial charge on any atom is 0.0541 e. The Morgan fingerprint density at radius 2 is 0.952 bits per heavy atom. The standard InChI is InChI=1S/C20H36Si/c1-21(2,19-13-11-15-7-3-5-9-17(15)19)20-14-12-16-8-4-6-10-18(16)20/h15-20H,3-14H2,1-2H3/t15-,16?,17?,18?,19?,20?/m0/s1. The topological polar surface area (TPSA) is 0 Å². The highest BCUT2D eigenvalue weighted by Gasteiger charge is 2.53. The fourth-order valence-electron chi connectivity index (χ4n) is 7.59. The molecule has 0 bridgehead atoms. The van der Waals surface area contributed by atoms with Crippen molar-refractivity contribution in [3.63, 3.8) is 0 Å². The van der Waals surface area contributed by atoms with Crippen molar-refractivity contribution in [2.45, 2.75) is 101 Å². The molecule has 4 rings (SSSR count). The molecule has 0 aromatic rings. The second-order valence-corrected chi connectivity index (χ2v) is 14.7. The summed E-state index contributed by atoms with van der Waals surface area (Å²) in [6, 6.07) is 0. The van der Waals surface area contributed by atoms with E-state index in [0.29, 0.717) is 0 Å². The summed E-state index contributed by atoms with van der Waals surface area (Å²) >= 11 is 0. The molecular formula is C20H36Si. The fraction of sp³-hybridized carbons (Fsp3) is 1.00. The molecule has 0 amide bonds. The molecule has 4 fully saturated rings. The van der Waals surface area contributed by atoms with E-state index >= 15 is 0 Å². The van der Waals surface area contributed by atoms with Gasteiger partial charge < -0.3 is 0 Å². The summed E-state index contributed by atoms with van der Waals surface area (Å²) in [5.41, 5.74) is 2.40. The summed E-state index contributed by atoms with van der Waals surface area (Å²) < 4.78 is 0. The van der Waals surface area contributed by atoms with Crippen LogP contribution in [0, 0.1) is 23.7 Å². The van der Waals surface area contributed by atoms with Crippen molar-refractivity contribution < 1.29 is 0 Å². The van der Waals surface area contributed by atoms with Crippen LogP contribution in [0.15, 0.2) is 0 Å². The first-order valence-electron chi connectivity index (χ1n) is 10.2. The van der Waals surface area contributed by atoms with Crippen molar-refractivity contribution in [3.05, 3.63) is 0 Å². The molecule has 4 aliphatic rings. The lowest BCUT2D eigenvalue weighted by Gasteiger charge is -2.45. The molecule has 0 nitrogen and oxygen atoms in total. The summed E-state index contributed by atoms with van der Waals surface area (Å²) in [4.78, 5) is 0. The highest BCUT2D eigenvalue weighted by atomic mass is 28.3. The number of hydrogen-bond donors (Lipinski definition) is 0. The van der Waals surface area contributed by atoms with Crippen LogP contribution in [0.3, 0.4) is 0 Å². The van der Waals surface area contributed by atoms with E-state index in [1.807, 2.05) is 0 Å². The van der Waals surface area contributed by atoms with E-state index in [2.05, 4.69) is 13.1 Å². The Hall–Kier alpha value is 0.217. The summed E-state index contributed by atoms with van der Waals surface area (Å²) in [5, 5.41) is 0. The van der Waals surface area contributed by atoms with Crippen molar-refractivity contribution in [1.82, 2.24) is 0 Å². The van der Waals surface area contributed by atoms with Crippen LogP contribution in [0.5, 0.6) is 0 Å². The van der Waals surface area contributed by atoms with Gasteiger partial charge in [0.25, 0.3) is 0 Å². The maximum atomic E-state index is 2.83. The first-order chi connectivity index (χ1) is 10.2. The van der Waals surface area contributed by atoms with E-state index in [9.17, 15) is 0 Å². The Kier molecular flexibility index (Phi) is 4.01. The first-order valence-corrected chi connectivity index (χ1v) is 13.3. The van der Waals surface area contributed by atoms with Gasteiger partial charge >= 0.3 is 0 Å². The summed E-state index contributed by atoms with van der Waals surface area (Å²) in [7, 11) is -1.05. The van der Waals surface area contributed by atoms with Crippen LogP contribution in [-0.4, -0.2) is 8.07 Å². The van der Waals surface area contributed by atoms with Gasteiger partial charge in [-0.1, -0.05) is 90.1 Å². The molecule has 0 aromatic carbocycles. The molecule has 1 heteroatoms. The van der Waals surface area contributed by atoms with Crippen molar-refractivity contribution in [2.75, 3.05) is 0 Å². The second kappa shape index (κ2) is 5.69. The molecule has 4 saturated carbocycles. The Morgan fingerprint density at radius 1 is 0.524 bits per heavy atom. The molecule has 0 N–H and O–H groups in total. The van der Waals surface area contributed by atoms with Gasteiger partial charge in [-0.05, 0) is 34.8 Å². The molecule has 4 aliphatic carbocycles. The molecule has 0 aromatic heterocycles. The molecule has 0 spiro atoms. The van der Waals surface area contributed by atoms with Crippen LogP contribution >= 0.6 is 0 Å². The lowest BCUT2D eigenvalue weighted by atomic mass is 9.81. The smallest absolute Gasteiger partial charge is 0.0541 e. The van der Waals surface area contributed by atoms with Crippen molar-refractivity contribution >= 4 is 8.07 Å². The van der Waals surface area contributed by atoms with Crippen LogP contribution in [0.1, 0.15) is 77.0 Å². The molecule has 0 saturated heterocycles. The minimum atomic E-state index is -1.05. The van der Waals surface area contributed by atoms with Crippen molar-refractivity contribution in [3.8, 4) is 0 Å². The fourth-order valence-corrected chi connectivity index (χ4v) is 13.0. The molecule has 6 atom stereocenters. The van der Waals surface area contributed by atoms with Crippen LogP contribution in [0.2, 0.25) is 24.2 Å². The van der Waals surface area contributed by atoms with E-state index in [-0.39, 0.29) is 0 Å². The van der Waals surface area contributed by atoms with Gasteiger partial charge in [-0.3, -0.25) is 0 Å². The highest BCUT2D eigenvalue weighted by molar-refractivity contribution is 6.80. The first kappa shape index (κ1) is 14.8. The lowest BCUT2D eigenvalue weighted by Crippen LogP contribution is -2.43. The van der Waals surface area contributed by atoms with Crippen LogP contribution in [-0.2, 0) is 0 Å². The largest absolute Gasteiger partial charge is 0.0689 e. The van der Waals surface area contributed by atoms with Crippen LogP contribution < -0.4 is 0 Å². The maximum absolute atomic E-state index is 2.83. The summed E-state index contributed by atoms with van der Waals surface area (Å²) in [6.07, 6.45) is 19.0. The van der Waals surface area contributed by atoms with Crippen LogP contribution in [0.25, 0.3) is 0 Å². The van der Waals surface area contributed by atoms with Crippen molar-refractivity contribution in [1.29, 1.82) is 0 Å². The highest BCUT2D eigenvalue weighted by Crippen LogP contribution is 2.61. The average Bonchev–Trinajstić information content (AvgIpc) is 3.12. The minimum absolute atomic E-state index is 1.05. The van der Waals surface area contributed by atoms with Gasteiger partial charge in [-0.15, -0.1) is 0 Å². The van der Waals surface area contributed by atoms with Gasteiger partial charge in [0, 0.05) is 0 Å². The summed E-state index contributed by atoms with van der Waals surface area (Å²) in [6.45, 7) is 5.66. The van der Waals surface area contributed by atoms with E-state index in [1.54, 1.807) is 77.0 Å². The minimum Gasteiger partial charge on any atom is -0.0689 e. The Bertz CT molecular complexity index is 340. The Morgan fingerprint density at radius 3 is 1.43 bits per heavy atom. The molecule has 0 aliphatic heterocycles. The molecular weight excluding hydrogens is 268 g/mol. The summed E-state index contributed by atoms with van der Waals surface area (Å²) in [5.74, 6) is 4.64. The van der Waals surface area contributed by atoms with Gasteiger partial charge in [-0.2, -0.15) is 0 Å². The molecule has 120 valence electrons. The monoisotopic (exact) mass is 304 g/mol. The SMILES string of the molecule is C[Si](C)(C1CCC2CCCCC21)C1CC[C@@H]2CCCCC12. The Balaban J connectivity index is 1.52. The predicted octanol–water partition coefficient (Wildman–Crippen LogP) is 6.64. The average molecular weight is 305 g/mol. The van der Waals surface area contributed by atoms with Gasteiger partial charge in [0.05, 0.1) is 8.07 Å². The van der Waals surface area contributed by atoms with E-state index in [4.69, 9.17) is 0 Å². The zero-order valence-electron chi connectivity index (χ0n) is 14.4. The van der Waals surface area contributed by atoms with Gasteiger partial charge in [0.1, 0.15) is 0 Å². The van der Waals surface area contributed by atoms with Crippen LogP contribution in [0.4, 0.5) is 0 Å². The third kappa shape index (κ3) is 2.46. The second-order valence-electron chi connectivity index (χ2n) is 9.61. The zero-order chi connectivity index (χ0) is 14.4. The van der Waals surface area contributed by atoms with Gasteiger partial charge in [0.15, 0.2) is 0 Å². The van der Waals surface area contributed by atoms with Crippen molar-refractivity contribution in [2.24, 2.45) is 23.7 Å². The molecule has 5 unspecified atom stereocenters. The molecule has 0 heterocycles. The number of rotatable bonds is 2. The molecule has 21 heavy (non-hydrogen) atoms. The zero-order valence-corrected chi connectivity index (χ0v) is 15.4. The lowest BCUT2D eigenvalue weighted by molar-refractivity contribution is 0.263. The van der Waals surface area contributed by atoms with E-state index in [1.165, 1.54) is 22.9 Å². The predicted molar refractivity (Wildman–Crippen MR) is 94.3 cm³/mol. The molecule has 0 radical (unpaired) electrons. The third-order valence-electron chi connectivity index (χ3n) is 8.58. The van der Waals surface area contributed by atoms with E-state index < -0.39 is 8.07 Å².